The van der Waals surface area contributed by atoms with E-state index in [9.17, 15) is 4.79 Å². The Bertz CT molecular complexity index is 431. The van der Waals surface area contributed by atoms with Crippen molar-refractivity contribution in [2.24, 2.45) is 0 Å². The highest BCUT2D eigenvalue weighted by Gasteiger charge is 2.16. The van der Waals surface area contributed by atoms with Gasteiger partial charge in [0.2, 0.25) is 5.91 Å². The van der Waals surface area contributed by atoms with Crippen LogP contribution >= 0.6 is 12.4 Å². The molecule has 1 saturated heterocycles. The molecule has 0 aliphatic carbocycles. The number of hydrogen-bond donors (Lipinski definition) is 2. The Morgan fingerprint density at radius 2 is 2.14 bits per heavy atom. The normalized spacial score (nSPS) is 18.0. The lowest BCUT2D eigenvalue weighted by Crippen LogP contribution is -2.43. The summed E-state index contributed by atoms with van der Waals surface area (Å²) in [6, 6.07) is 7.52. The number of amides is 1. The first-order valence-electron chi connectivity index (χ1n) is 7.01. The Hall–Kier alpha value is -1.30. The van der Waals surface area contributed by atoms with Crippen molar-refractivity contribution in [3.8, 4) is 5.75 Å². The number of nitrogens with one attached hydrogen (secondary N) is 2. The predicted molar refractivity (Wildman–Crippen MR) is 85.3 cm³/mol. The zero-order chi connectivity index (χ0) is 14.4. The van der Waals surface area contributed by atoms with Crippen LogP contribution in [0, 0.1) is 0 Å². The summed E-state index contributed by atoms with van der Waals surface area (Å²) in [5.74, 6) is 0.797. The predicted octanol–water partition coefficient (Wildman–Crippen LogP) is 2.21. The molecule has 1 amide bonds. The van der Waals surface area contributed by atoms with Gasteiger partial charge in [0, 0.05) is 24.7 Å². The van der Waals surface area contributed by atoms with Crippen LogP contribution in [0.5, 0.6) is 5.75 Å². The molecule has 1 heterocycles. The summed E-state index contributed by atoms with van der Waals surface area (Å²) in [5, 5.41) is 6.14. The summed E-state index contributed by atoms with van der Waals surface area (Å²) >= 11 is 0. The number of carbonyl (C=O) groups excluding carboxylic acids is 1. The monoisotopic (exact) mass is 314 g/mol. The highest BCUT2D eigenvalue weighted by atomic mass is 35.5. The van der Waals surface area contributed by atoms with Gasteiger partial charge in [0.25, 0.3) is 0 Å². The standard InChI is InChI=1S/C15H22N2O3.ClH/c1-11(2)20-14-5-3-12(4-6-14)17-15(18)9-13-10-19-8-7-16-13;/h3-6,11,13,16H,7-10H2,1-2H3,(H,17,18);1H. The molecule has 0 saturated carbocycles. The van der Waals surface area contributed by atoms with E-state index in [0.717, 1.165) is 24.6 Å². The van der Waals surface area contributed by atoms with E-state index < -0.39 is 0 Å². The number of hydrogen-bond acceptors (Lipinski definition) is 4. The number of morpholine rings is 1. The first-order valence-corrected chi connectivity index (χ1v) is 7.01. The molecule has 1 aliphatic heterocycles. The lowest BCUT2D eigenvalue weighted by atomic mass is 10.2. The fourth-order valence-electron chi connectivity index (χ4n) is 2.08. The lowest BCUT2D eigenvalue weighted by molar-refractivity contribution is -0.117. The Morgan fingerprint density at radius 1 is 1.43 bits per heavy atom. The molecule has 0 spiro atoms. The number of halogens is 1. The van der Waals surface area contributed by atoms with E-state index in [-0.39, 0.29) is 30.5 Å². The number of benzene rings is 1. The van der Waals surface area contributed by atoms with Crippen molar-refractivity contribution in [1.82, 2.24) is 5.32 Å². The van der Waals surface area contributed by atoms with Crippen molar-refractivity contribution in [2.45, 2.75) is 32.4 Å². The Kier molecular flexibility index (Phi) is 7.50. The van der Waals surface area contributed by atoms with E-state index in [1.54, 1.807) is 0 Å². The fourth-order valence-corrected chi connectivity index (χ4v) is 2.08. The molecular formula is C15H23ClN2O3. The van der Waals surface area contributed by atoms with E-state index in [2.05, 4.69) is 10.6 Å². The topological polar surface area (TPSA) is 59.6 Å². The average Bonchev–Trinajstić information content (AvgIpc) is 2.41. The van der Waals surface area contributed by atoms with Gasteiger partial charge in [-0.15, -0.1) is 12.4 Å². The van der Waals surface area contributed by atoms with E-state index in [0.29, 0.717) is 13.0 Å². The highest BCUT2D eigenvalue weighted by Crippen LogP contribution is 2.17. The summed E-state index contributed by atoms with van der Waals surface area (Å²) in [4.78, 5) is 11.9. The van der Waals surface area contributed by atoms with Crippen molar-refractivity contribution < 1.29 is 14.3 Å². The number of rotatable bonds is 5. The Morgan fingerprint density at radius 3 is 2.71 bits per heavy atom. The van der Waals surface area contributed by atoms with Gasteiger partial charge in [-0.1, -0.05) is 0 Å². The van der Waals surface area contributed by atoms with E-state index in [1.807, 2.05) is 38.1 Å². The van der Waals surface area contributed by atoms with Crippen LogP contribution in [0.4, 0.5) is 5.69 Å². The van der Waals surface area contributed by atoms with Crippen LogP contribution in [0.15, 0.2) is 24.3 Å². The third kappa shape index (κ3) is 6.33. The van der Waals surface area contributed by atoms with Crippen LogP contribution in [0.3, 0.4) is 0 Å². The summed E-state index contributed by atoms with van der Waals surface area (Å²) in [7, 11) is 0. The van der Waals surface area contributed by atoms with Crippen LogP contribution in [-0.2, 0) is 9.53 Å². The molecule has 1 aromatic rings. The van der Waals surface area contributed by atoms with Gasteiger partial charge in [0.1, 0.15) is 5.75 Å². The average molecular weight is 315 g/mol. The number of carbonyl (C=O) groups is 1. The molecule has 2 rings (SSSR count). The second-order valence-electron chi connectivity index (χ2n) is 5.17. The van der Waals surface area contributed by atoms with E-state index in [4.69, 9.17) is 9.47 Å². The maximum atomic E-state index is 11.9. The van der Waals surface area contributed by atoms with Gasteiger partial charge in [0.15, 0.2) is 0 Å². The van der Waals surface area contributed by atoms with Crippen LogP contribution in [0.25, 0.3) is 0 Å². The quantitative estimate of drug-likeness (QED) is 0.875. The van der Waals surface area contributed by atoms with Gasteiger partial charge in [-0.2, -0.15) is 0 Å². The lowest BCUT2D eigenvalue weighted by Gasteiger charge is -2.23. The minimum absolute atomic E-state index is 0. The second-order valence-corrected chi connectivity index (χ2v) is 5.17. The van der Waals surface area contributed by atoms with Gasteiger partial charge in [0.05, 0.1) is 19.3 Å². The van der Waals surface area contributed by atoms with Crippen LogP contribution < -0.4 is 15.4 Å². The van der Waals surface area contributed by atoms with E-state index >= 15 is 0 Å². The summed E-state index contributed by atoms with van der Waals surface area (Å²) in [5.41, 5.74) is 0.780. The number of anilines is 1. The molecule has 2 N–H and O–H groups in total. The largest absolute Gasteiger partial charge is 0.491 e. The summed E-state index contributed by atoms with van der Waals surface area (Å²) < 4.78 is 10.9. The van der Waals surface area contributed by atoms with Crippen molar-refractivity contribution in [3.63, 3.8) is 0 Å². The zero-order valence-electron chi connectivity index (χ0n) is 12.4. The summed E-state index contributed by atoms with van der Waals surface area (Å²) in [6.45, 7) is 6.08. The molecule has 0 aromatic heterocycles. The Balaban J connectivity index is 0.00000220. The maximum Gasteiger partial charge on any atom is 0.226 e. The first kappa shape index (κ1) is 17.8. The number of ether oxygens (including phenoxy) is 2. The molecule has 0 bridgehead atoms. The van der Waals surface area contributed by atoms with Crippen LogP contribution in [-0.4, -0.2) is 37.8 Å². The van der Waals surface area contributed by atoms with Crippen molar-refractivity contribution >= 4 is 24.0 Å². The van der Waals surface area contributed by atoms with Gasteiger partial charge < -0.3 is 20.1 Å². The smallest absolute Gasteiger partial charge is 0.226 e. The summed E-state index contributed by atoms with van der Waals surface area (Å²) in [6.07, 6.45) is 0.567. The van der Waals surface area contributed by atoms with Gasteiger partial charge in [-0.05, 0) is 38.1 Å². The minimum atomic E-state index is -0.00877. The Labute approximate surface area is 131 Å². The first-order chi connectivity index (χ1) is 9.63. The molecule has 1 unspecified atom stereocenters. The molecule has 21 heavy (non-hydrogen) atoms. The van der Waals surface area contributed by atoms with Crippen molar-refractivity contribution in [1.29, 1.82) is 0 Å². The SMILES string of the molecule is CC(C)Oc1ccc(NC(=O)CC2COCCN2)cc1.Cl. The molecule has 6 heteroatoms. The third-order valence-corrected chi connectivity index (χ3v) is 2.94. The maximum absolute atomic E-state index is 11.9. The van der Waals surface area contributed by atoms with Crippen LogP contribution in [0.1, 0.15) is 20.3 Å². The molecular weight excluding hydrogens is 292 g/mol. The highest BCUT2D eigenvalue weighted by molar-refractivity contribution is 5.91. The molecule has 118 valence electrons. The molecule has 1 atom stereocenters. The molecule has 1 fully saturated rings. The van der Waals surface area contributed by atoms with E-state index in [1.165, 1.54) is 0 Å². The molecule has 1 aromatic carbocycles. The van der Waals surface area contributed by atoms with Crippen molar-refractivity contribution in [2.75, 3.05) is 25.1 Å². The van der Waals surface area contributed by atoms with Gasteiger partial charge in [-0.25, -0.2) is 0 Å². The molecule has 0 radical (unpaired) electrons. The van der Waals surface area contributed by atoms with Crippen LogP contribution in [0.2, 0.25) is 0 Å². The van der Waals surface area contributed by atoms with Gasteiger partial charge in [-0.3, -0.25) is 4.79 Å². The fraction of sp³-hybridized carbons (Fsp3) is 0.533. The minimum Gasteiger partial charge on any atom is -0.491 e. The third-order valence-electron chi connectivity index (χ3n) is 2.94. The van der Waals surface area contributed by atoms with Gasteiger partial charge >= 0.3 is 0 Å². The molecule has 1 aliphatic rings. The second kappa shape index (κ2) is 8.87. The van der Waals surface area contributed by atoms with Crippen molar-refractivity contribution in [3.05, 3.63) is 24.3 Å². The zero-order valence-corrected chi connectivity index (χ0v) is 13.2. The molecule has 5 nitrogen and oxygen atoms in total.